The smallest absolute Gasteiger partial charge is 0.263 e. The molecule has 0 spiro atoms. The number of nitrogens with zero attached hydrogens (tertiary/aromatic N) is 6. The molecule has 6 rings (SSSR count). The Morgan fingerprint density at radius 2 is 1.84 bits per heavy atom. The lowest BCUT2D eigenvalue weighted by atomic mass is 9.99. The summed E-state index contributed by atoms with van der Waals surface area (Å²) in [6, 6.07) is 23.0. The molecule has 0 saturated heterocycles. The lowest BCUT2D eigenvalue weighted by Crippen LogP contribution is -2.26. The number of benzene rings is 2. The Hall–Kier alpha value is -5.29. The highest BCUT2D eigenvalue weighted by Crippen LogP contribution is 2.32. The number of fused-ring (bicyclic) bond motifs is 2. The van der Waals surface area contributed by atoms with Gasteiger partial charge in [0.1, 0.15) is 11.6 Å². The van der Waals surface area contributed by atoms with Crippen molar-refractivity contribution in [2.24, 2.45) is 7.05 Å². The van der Waals surface area contributed by atoms with Crippen molar-refractivity contribution >= 4 is 27.5 Å². The zero-order chi connectivity index (χ0) is 26.2. The van der Waals surface area contributed by atoms with Crippen LogP contribution in [0.25, 0.3) is 38.6 Å². The molecule has 38 heavy (non-hydrogen) atoms. The van der Waals surface area contributed by atoms with E-state index in [1.807, 2.05) is 86.9 Å². The van der Waals surface area contributed by atoms with Crippen molar-refractivity contribution in [2.75, 3.05) is 5.32 Å². The Kier molecular flexibility index (Phi) is 5.66. The van der Waals surface area contributed by atoms with E-state index in [0.717, 1.165) is 27.9 Å². The van der Waals surface area contributed by atoms with E-state index in [1.165, 1.54) is 0 Å². The van der Waals surface area contributed by atoms with Crippen LogP contribution in [0.1, 0.15) is 24.2 Å². The summed E-state index contributed by atoms with van der Waals surface area (Å²) < 4.78 is 3.47. The first-order valence-electron chi connectivity index (χ1n) is 12.2. The SMILES string of the molecule is C[C@H](Nc1c(C#N)cnc2cccnc12)c1cc2cccc(-c3cnn(C)c3)c2c(=O)n1-c1ccccc1. The third-order valence-corrected chi connectivity index (χ3v) is 6.66. The second-order valence-electron chi connectivity index (χ2n) is 9.11. The van der Waals surface area contributed by atoms with Crippen LogP contribution >= 0.6 is 0 Å². The zero-order valence-electron chi connectivity index (χ0n) is 20.8. The molecule has 8 heteroatoms. The monoisotopic (exact) mass is 497 g/mol. The molecule has 1 atom stereocenters. The fourth-order valence-corrected chi connectivity index (χ4v) is 4.89. The van der Waals surface area contributed by atoms with Crippen molar-refractivity contribution in [3.8, 4) is 22.9 Å². The van der Waals surface area contributed by atoms with E-state index < -0.39 is 0 Å². The predicted octanol–water partition coefficient (Wildman–Crippen LogP) is 5.38. The second kappa shape index (κ2) is 9.30. The molecule has 0 amide bonds. The molecule has 0 aliphatic carbocycles. The van der Waals surface area contributed by atoms with Crippen LogP contribution in [0.15, 0.2) is 96.3 Å². The van der Waals surface area contributed by atoms with Crippen LogP contribution in [-0.4, -0.2) is 24.3 Å². The number of aryl methyl sites for hydroxylation is 1. The molecule has 0 unspecified atom stereocenters. The van der Waals surface area contributed by atoms with Crippen molar-refractivity contribution in [1.82, 2.24) is 24.3 Å². The maximum absolute atomic E-state index is 14.3. The van der Waals surface area contributed by atoms with E-state index in [2.05, 4.69) is 26.5 Å². The van der Waals surface area contributed by atoms with Gasteiger partial charge in [-0.05, 0) is 48.2 Å². The Bertz CT molecular complexity index is 1920. The van der Waals surface area contributed by atoms with E-state index in [0.29, 0.717) is 27.7 Å². The highest BCUT2D eigenvalue weighted by Gasteiger charge is 2.21. The summed E-state index contributed by atoms with van der Waals surface area (Å²) in [5.41, 5.74) is 5.33. The Morgan fingerprint density at radius 1 is 1.00 bits per heavy atom. The molecule has 1 N–H and O–H groups in total. The summed E-state index contributed by atoms with van der Waals surface area (Å²) in [5, 5.41) is 19.0. The molecule has 0 fully saturated rings. The Labute approximate surface area is 218 Å². The number of anilines is 1. The fourth-order valence-electron chi connectivity index (χ4n) is 4.89. The largest absolute Gasteiger partial charge is 0.374 e. The van der Waals surface area contributed by atoms with Crippen molar-refractivity contribution in [3.63, 3.8) is 0 Å². The molecule has 6 aromatic rings. The van der Waals surface area contributed by atoms with Gasteiger partial charge in [-0.2, -0.15) is 10.4 Å². The first-order chi connectivity index (χ1) is 18.5. The van der Waals surface area contributed by atoms with Crippen molar-refractivity contribution in [3.05, 3.63) is 113 Å². The molecule has 8 nitrogen and oxygen atoms in total. The molecular weight excluding hydrogens is 474 g/mol. The van der Waals surface area contributed by atoms with Crippen molar-refractivity contribution in [1.29, 1.82) is 5.26 Å². The molecule has 4 aromatic heterocycles. The highest BCUT2D eigenvalue weighted by atomic mass is 16.1. The van der Waals surface area contributed by atoms with E-state index in [-0.39, 0.29) is 11.6 Å². The third kappa shape index (κ3) is 3.87. The van der Waals surface area contributed by atoms with Crippen LogP contribution < -0.4 is 10.9 Å². The molecule has 0 radical (unpaired) electrons. The van der Waals surface area contributed by atoms with Crippen LogP contribution in [0.5, 0.6) is 0 Å². The van der Waals surface area contributed by atoms with Crippen LogP contribution in [0, 0.1) is 11.3 Å². The molecule has 0 bridgehead atoms. The van der Waals surface area contributed by atoms with Gasteiger partial charge in [-0.25, -0.2) is 0 Å². The third-order valence-electron chi connectivity index (χ3n) is 6.66. The van der Waals surface area contributed by atoms with E-state index in [9.17, 15) is 10.1 Å². The lowest BCUT2D eigenvalue weighted by Gasteiger charge is -2.23. The molecule has 4 heterocycles. The van der Waals surface area contributed by atoms with Gasteiger partial charge in [0.2, 0.25) is 0 Å². The second-order valence-corrected chi connectivity index (χ2v) is 9.11. The van der Waals surface area contributed by atoms with Crippen molar-refractivity contribution in [2.45, 2.75) is 13.0 Å². The number of pyridine rings is 3. The summed E-state index contributed by atoms with van der Waals surface area (Å²) in [7, 11) is 1.86. The molecule has 0 saturated carbocycles. The molecular formula is C30H23N7O. The van der Waals surface area contributed by atoms with E-state index >= 15 is 0 Å². The summed E-state index contributed by atoms with van der Waals surface area (Å²) in [4.78, 5) is 23.1. The number of rotatable bonds is 5. The van der Waals surface area contributed by atoms with Gasteiger partial charge in [-0.3, -0.25) is 24.0 Å². The quantitative estimate of drug-likeness (QED) is 0.343. The normalized spacial score (nSPS) is 11.9. The average molecular weight is 498 g/mol. The topological polar surface area (TPSA) is 101 Å². The number of aromatic nitrogens is 5. The maximum atomic E-state index is 14.3. The Morgan fingerprint density at radius 3 is 2.61 bits per heavy atom. The number of hydrogen-bond acceptors (Lipinski definition) is 6. The number of nitrogens with one attached hydrogen (secondary N) is 1. The molecule has 0 aliphatic rings. The minimum atomic E-state index is -0.353. The summed E-state index contributed by atoms with van der Waals surface area (Å²) in [6.07, 6.45) is 6.90. The van der Waals surface area contributed by atoms with Crippen LogP contribution in [-0.2, 0) is 7.05 Å². The predicted molar refractivity (Wildman–Crippen MR) is 148 cm³/mol. The van der Waals surface area contributed by atoms with Crippen LogP contribution in [0.3, 0.4) is 0 Å². The maximum Gasteiger partial charge on any atom is 0.263 e. The van der Waals surface area contributed by atoms with E-state index in [1.54, 1.807) is 27.8 Å². The number of para-hydroxylation sites is 1. The van der Waals surface area contributed by atoms with Gasteiger partial charge in [0.05, 0.1) is 34.4 Å². The van der Waals surface area contributed by atoms with Gasteiger partial charge < -0.3 is 5.32 Å². The minimum absolute atomic E-state index is 0.130. The molecule has 2 aromatic carbocycles. The number of nitriles is 1. The van der Waals surface area contributed by atoms with Crippen molar-refractivity contribution < 1.29 is 0 Å². The Balaban J connectivity index is 1.59. The van der Waals surface area contributed by atoms with Gasteiger partial charge in [0, 0.05) is 42.6 Å². The van der Waals surface area contributed by atoms with Gasteiger partial charge >= 0.3 is 0 Å². The minimum Gasteiger partial charge on any atom is -0.374 e. The fraction of sp³-hybridized carbons (Fsp3) is 0.100. The van der Waals surface area contributed by atoms with Gasteiger partial charge in [0.15, 0.2) is 0 Å². The summed E-state index contributed by atoms with van der Waals surface area (Å²) >= 11 is 0. The lowest BCUT2D eigenvalue weighted by molar-refractivity contribution is 0.768. The first-order valence-corrected chi connectivity index (χ1v) is 12.2. The zero-order valence-corrected chi connectivity index (χ0v) is 20.8. The van der Waals surface area contributed by atoms with E-state index in [4.69, 9.17) is 0 Å². The first kappa shape index (κ1) is 23.1. The summed E-state index contributed by atoms with van der Waals surface area (Å²) in [6.45, 7) is 1.97. The van der Waals surface area contributed by atoms with Crippen LogP contribution in [0.2, 0.25) is 0 Å². The van der Waals surface area contributed by atoms with Gasteiger partial charge in [0.25, 0.3) is 5.56 Å². The highest BCUT2D eigenvalue weighted by molar-refractivity contribution is 5.96. The average Bonchev–Trinajstić information content (AvgIpc) is 3.39. The van der Waals surface area contributed by atoms with Gasteiger partial charge in [-0.15, -0.1) is 0 Å². The van der Waals surface area contributed by atoms with Gasteiger partial charge in [-0.1, -0.05) is 36.4 Å². The molecule has 184 valence electrons. The van der Waals surface area contributed by atoms with Crippen LogP contribution in [0.4, 0.5) is 5.69 Å². The molecule has 0 aliphatic heterocycles. The summed E-state index contributed by atoms with van der Waals surface area (Å²) in [5.74, 6) is 0. The number of hydrogen-bond donors (Lipinski definition) is 1. The standard InChI is InChI=1S/C30H23N7O/c1-19(35-28-21(15-31)16-33-25-12-7-13-32-29(25)28)26-14-20-8-6-11-24(22-17-34-36(2)18-22)27(20)30(38)37(26)23-9-4-3-5-10-23/h3-14,16-19H,1-2H3,(H,33,35)/t19-/m0/s1.